The molecule has 1 N–H and O–H groups in total. The summed E-state index contributed by atoms with van der Waals surface area (Å²) in [7, 11) is 0. The number of nitrogens with zero attached hydrogens (tertiary/aromatic N) is 2. The van der Waals surface area contributed by atoms with Crippen molar-refractivity contribution < 1.29 is 58.2 Å². The van der Waals surface area contributed by atoms with Gasteiger partial charge in [0.15, 0.2) is 5.75 Å². The fourth-order valence-electron chi connectivity index (χ4n) is 4.66. The topological polar surface area (TPSA) is 65.4 Å². The Morgan fingerprint density at radius 3 is 2.16 bits per heavy atom. The van der Waals surface area contributed by atoms with Gasteiger partial charge in [-0.1, -0.05) is 23.7 Å². The molecule has 240 valence electrons. The van der Waals surface area contributed by atoms with Crippen LogP contribution in [0.25, 0.3) is 16.8 Å². The Bertz CT molecular complexity index is 1540. The fraction of sp³-hybridized carbons (Fsp3) is 0.407. The van der Waals surface area contributed by atoms with Crippen molar-refractivity contribution in [3.05, 3.63) is 64.4 Å². The van der Waals surface area contributed by atoms with Gasteiger partial charge in [-0.2, -0.15) is 31.4 Å². The largest absolute Gasteiger partial charge is 0.573 e. The first kappa shape index (κ1) is 33.2. The number of amides is 1. The van der Waals surface area contributed by atoms with E-state index in [1.807, 2.05) is 0 Å². The Hall–Kier alpha value is -3.69. The lowest BCUT2D eigenvalue weighted by Gasteiger charge is -2.31. The van der Waals surface area contributed by atoms with Crippen LogP contribution in [0.15, 0.2) is 42.7 Å². The van der Waals surface area contributed by atoms with Crippen molar-refractivity contribution in [3.63, 3.8) is 0 Å². The van der Waals surface area contributed by atoms with Gasteiger partial charge in [-0.15, -0.1) is 13.2 Å². The lowest BCUT2D eigenvalue weighted by atomic mass is 9.93. The zero-order chi connectivity index (χ0) is 33.0. The number of aryl methyl sites for hydroxylation is 1. The first-order valence-corrected chi connectivity index (χ1v) is 13.0. The SMILES string of the molecule is CC(C)(C)OC(=O)NC1CCc2ccc(-c3cnn(-c4c(Cl)cc(C(F)(C(F)(F)F)C(F)(F)F)cc4OC(F)(F)F)c3)cc21. The Morgan fingerprint density at radius 1 is 0.955 bits per heavy atom. The van der Waals surface area contributed by atoms with Gasteiger partial charge in [0, 0.05) is 17.3 Å². The van der Waals surface area contributed by atoms with Crippen molar-refractivity contribution in [3.8, 4) is 22.6 Å². The molecule has 1 heterocycles. The second-order valence-electron chi connectivity index (χ2n) is 10.8. The second-order valence-corrected chi connectivity index (χ2v) is 11.2. The van der Waals surface area contributed by atoms with E-state index in [1.54, 1.807) is 39.0 Å². The number of alkyl halides is 10. The van der Waals surface area contributed by atoms with E-state index in [9.17, 15) is 48.7 Å². The van der Waals surface area contributed by atoms with Crippen molar-refractivity contribution in [2.24, 2.45) is 0 Å². The average molecular weight is 662 g/mol. The molecule has 1 atom stereocenters. The van der Waals surface area contributed by atoms with Crippen LogP contribution in [0.5, 0.6) is 5.75 Å². The number of hydrogen-bond donors (Lipinski definition) is 1. The first-order valence-electron chi connectivity index (χ1n) is 12.6. The molecule has 1 aliphatic rings. The number of carbonyl (C=O) groups is 1. The number of hydrogen-bond acceptors (Lipinski definition) is 4. The number of benzene rings is 2. The van der Waals surface area contributed by atoms with Crippen molar-refractivity contribution in [2.45, 2.75) is 69.6 Å². The van der Waals surface area contributed by atoms with Crippen molar-refractivity contribution in [2.75, 3.05) is 0 Å². The zero-order valence-electron chi connectivity index (χ0n) is 22.8. The number of rotatable bonds is 5. The summed E-state index contributed by atoms with van der Waals surface area (Å²) in [5, 5.41) is 5.47. The quantitative estimate of drug-likeness (QED) is 0.278. The fourth-order valence-corrected chi connectivity index (χ4v) is 4.96. The van der Waals surface area contributed by atoms with Crippen LogP contribution in [-0.4, -0.2) is 40.2 Å². The molecule has 0 radical (unpaired) electrons. The molecule has 44 heavy (non-hydrogen) atoms. The van der Waals surface area contributed by atoms with Crippen LogP contribution in [-0.2, 0) is 16.8 Å². The summed E-state index contributed by atoms with van der Waals surface area (Å²) < 4.78 is 144. The van der Waals surface area contributed by atoms with Crippen LogP contribution in [0, 0.1) is 0 Å². The predicted molar refractivity (Wildman–Crippen MR) is 136 cm³/mol. The number of halogens is 11. The zero-order valence-corrected chi connectivity index (χ0v) is 23.6. The average Bonchev–Trinajstić information content (AvgIpc) is 3.47. The van der Waals surface area contributed by atoms with E-state index in [4.69, 9.17) is 16.3 Å². The maximum Gasteiger partial charge on any atom is 0.573 e. The van der Waals surface area contributed by atoms with Gasteiger partial charge in [0.05, 0.1) is 17.3 Å². The molecule has 0 aliphatic heterocycles. The second kappa shape index (κ2) is 11.0. The number of aromatic nitrogens is 2. The molecule has 0 saturated heterocycles. The molecule has 1 aliphatic carbocycles. The van der Waals surface area contributed by atoms with E-state index in [0.29, 0.717) is 28.7 Å². The van der Waals surface area contributed by atoms with Gasteiger partial charge in [-0.25, -0.2) is 13.9 Å². The number of ether oxygens (including phenoxy) is 2. The maximum atomic E-state index is 14.7. The van der Waals surface area contributed by atoms with Crippen LogP contribution in [0.3, 0.4) is 0 Å². The maximum absolute atomic E-state index is 14.7. The summed E-state index contributed by atoms with van der Waals surface area (Å²) in [6.07, 6.45) is -16.1. The minimum atomic E-state index is -6.62. The summed E-state index contributed by atoms with van der Waals surface area (Å²) in [5.41, 5.74) is -7.73. The molecule has 0 saturated carbocycles. The highest BCUT2D eigenvalue weighted by Gasteiger charge is 2.73. The molecule has 3 aromatic rings. The van der Waals surface area contributed by atoms with Gasteiger partial charge < -0.3 is 14.8 Å². The highest BCUT2D eigenvalue weighted by atomic mass is 35.5. The molecule has 1 aromatic heterocycles. The Labute approximate surface area is 247 Å². The van der Waals surface area contributed by atoms with Gasteiger partial charge in [-0.3, -0.25) is 0 Å². The van der Waals surface area contributed by atoms with E-state index in [1.165, 1.54) is 0 Å². The molecular weight excluding hydrogens is 640 g/mol. The van der Waals surface area contributed by atoms with Gasteiger partial charge in [0.1, 0.15) is 11.3 Å². The van der Waals surface area contributed by atoms with Crippen LogP contribution < -0.4 is 10.1 Å². The summed E-state index contributed by atoms with van der Waals surface area (Å²) >= 11 is 5.89. The van der Waals surface area contributed by atoms with E-state index in [0.717, 1.165) is 18.0 Å². The summed E-state index contributed by atoms with van der Waals surface area (Å²) in [4.78, 5) is 12.3. The minimum absolute atomic E-state index is 0.0925. The van der Waals surface area contributed by atoms with E-state index in [-0.39, 0.29) is 17.7 Å². The lowest BCUT2D eigenvalue weighted by molar-refractivity contribution is -0.348. The normalized spacial score (nSPS) is 16.1. The number of carbonyl (C=O) groups excluding carboxylic acids is 1. The van der Waals surface area contributed by atoms with Crippen molar-refractivity contribution >= 4 is 17.7 Å². The molecule has 0 bridgehead atoms. The van der Waals surface area contributed by atoms with Crippen molar-refractivity contribution in [1.82, 2.24) is 15.1 Å². The molecule has 2 aromatic carbocycles. The predicted octanol–water partition coefficient (Wildman–Crippen LogP) is 8.89. The number of nitrogens with one attached hydrogen (secondary N) is 1. The Kier molecular flexibility index (Phi) is 8.33. The highest BCUT2D eigenvalue weighted by molar-refractivity contribution is 6.32. The molecular formula is C27H22ClF10N3O3. The molecule has 4 rings (SSSR count). The van der Waals surface area contributed by atoms with E-state index in [2.05, 4.69) is 15.2 Å². The van der Waals surface area contributed by atoms with Crippen LogP contribution in [0.1, 0.15) is 49.9 Å². The number of fused-ring (bicyclic) bond motifs is 1. The van der Waals surface area contributed by atoms with Crippen LogP contribution >= 0.6 is 11.6 Å². The third-order valence-electron chi connectivity index (χ3n) is 6.49. The third kappa shape index (κ3) is 6.69. The van der Waals surface area contributed by atoms with Gasteiger partial charge >= 0.3 is 30.5 Å². The van der Waals surface area contributed by atoms with Gasteiger partial charge in [0.25, 0.3) is 0 Å². The highest BCUT2D eigenvalue weighted by Crippen LogP contribution is 2.55. The lowest BCUT2D eigenvalue weighted by Crippen LogP contribution is -2.50. The molecule has 0 fully saturated rings. The molecule has 1 amide bonds. The molecule has 0 spiro atoms. The first-order chi connectivity index (χ1) is 20.0. The summed E-state index contributed by atoms with van der Waals surface area (Å²) in [5.74, 6) is -1.67. The third-order valence-corrected chi connectivity index (χ3v) is 6.78. The number of alkyl carbamates (subject to hydrolysis) is 1. The van der Waals surface area contributed by atoms with Crippen LogP contribution in [0.4, 0.5) is 48.7 Å². The standard InChI is InChI=1S/C27H22ClF10N3O3/c1-23(2,3)44-22(42)40-19-7-6-13-4-5-14(8-17(13)19)15-11-39-41(12-15)21-18(28)9-16(10-20(21)43-27(36,37)38)24(29,25(30,31)32)26(33,34)35/h4-5,8-12,19H,6-7H2,1-3H3,(H,40,42). The van der Waals surface area contributed by atoms with E-state index >= 15 is 0 Å². The van der Waals surface area contributed by atoms with Gasteiger partial charge in [-0.05, 0) is 68.5 Å². The molecule has 6 nitrogen and oxygen atoms in total. The minimum Gasteiger partial charge on any atom is -0.444 e. The summed E-state index contributed by atoms with van der Waals surface area (Å²) in [6.45, 7) is 5.07. The summed E-state index contributed by atoms with van der Waals surface area (Å²) in [6, 6.07) is 4.15. The molecule has 17 heteroatoms. The van der Waals surface area contributed by atoms with E-state index < -0.39 is 64.1 Å². The van der Waals surface area contributed by atoms with Gasteiger partial charge in [0.2, 0.25) is 0 Å². The smallest absolute Gasteiger partial charge is 0.444 e. The van der Waals surface area contributed by atoms with Crippen LogP contribution in [0.2, 0.25) is 5.02 Å². The monoisotopic (exact) mass is 661 g/mol. The Balaban J connectivity index is 1.75. The van der Waals surface area contributed by atoms with Crippen molar-refractivity contribution in [1.29, 1.82) is 0 Å². The Morgan fingerprint density at radius 2 is 1.59 bits per heavy atom. The molecule has 1 unspecified atom stereocenters.